The fourth-order valence-corrected chi connectivity index (χ4v) is 4.61. The van der Waals surface area contributed by atoms with Gasteiger partial charge in [0.2, 0.25) is 6.79 Å². The Hall–Kier alpha value is -3.38. The molecule has 5 rings (SSSR count). The summed E-state index contributed by atoms with van der Waals surface area (Å²) in [6.45, 7) is 7.09. The van der Waals surface area contributed by atoms with Crippen molar-refractivity contribution in [2.75, 3.05) is 78.8 Å². The largest absolute Gasteiger partial charge is 0.490 e. The molecule has 2 bridgehead atoms. The fraction of sp³-hybridized carbons (Fsp3) is 0.500. The van der Waals surface area contributed by atoms with E-state index < -0.39 is 0 Å². The summed E-state index contributed by atoms with van der Waals surface area (Å²) in [5.74, 6) is 3.44. The SMILES string of the molecule is COCCNCCCOc1cc2ncnc3c2cc1OCCCNCCN(C)Cc1ccc2c(c1N3)OCO2. The molecule has 2 aliphatic rings. The minimum absolute atomic E-state index is 0.193. The van der Waals surface area contributed by atoms with Crippen molar-refractivity contribution in [2.24, 2.45) is 0 Å². The summed E-state index contributed by atoms with van der Waals surface area (Å²) in [5.41, 5.74) is 2.70. The minimum atomic E-state index is 0.193. The summed E-state index contributed by atoms with van der Waals surface area (Å²) in [5, 5.41) is 11.2. The van der Waals surface area contributed by atoms with Crippen molar-refractivity contribution in [3.8, 4) is 23.0 Å². The molecule has 0 fully saturated rings. The first-order chi connectivity index (χ1) is 19.2. The van der Waals surface area contributed by atoms with Crippen LogP contribution in [0, 0.1) is 0 Å². The number of anilines is 2. The Bertz CT molecular complexity index is 1240. The van der Waals surface area contributed by atoms with Crippen molar-refractivity contribution in [3.63, 3.8) is 0 Å². The molecule has 0 saturated carbocycles. The Kier molecular flexibility index (Phi) is 9.49. The molecule has 0 amide bonds. The smallest absolute Gasteiger partial charge is 0.231 e. The van der Waals surface area contributed by atoms with Gasteiger partial charge in [0.1, 0.15) is 12.1 Å². The van der Waals surface area contributed by atoms with Crippen LogP contribution in [0.25, 0.3) is 10.9 Å². The first-order valence-electron chi connectivity index (χ1n) is 13.5. The quantitative estimate of drug-likeness (QED) is 0.368. The molecule has 11 heteroatoms. The third kappa shape index (κ3) is 6.99. The predicted molar refractivity (Wildman–Crippen MR) is 150 cm³/mol. The molecule has 1 aromatic heterocycles. The molecule has 2 aliphatic heterocycles. The van der Waals surface area contributed by atoms with E-state index in [9.17, 15) is 0 Å². The Morgan fingerprint density at radius 2 is 2.00 bits per heavy atom. The van der Waals surface area contributed by atoms with Crippen molar-refractivity contribution < 1.29 is 23.7 Å². The van der Waals surface area contributed by atoms with Crippen LogP contribution in [0.4, 0.5) is 11.5 Å². The maximum Gasteiger partial charge on any atom is 0.231 e. The lowest BCUT2D eigenvalue weighted by atomic mass is 10.1. The predicted octanol–water partition coefficient (Wildman–Crippen LogP) is 2.91. The minimum Gasteiger partial charge on any atom is -0.490 e. The zero-order valence-electron chi connectivity index (χ0n) is 22.8. The molecule has 3 heterocycles. The van der Waals surface area contributed by atoms with Crippen LogP contribution in [0.15, 0.2) is 30.6 Å². The lowest BCUT2D eigenvalue weighted by molar-refractivity contribution is 0.174. The number of hydrogen-bond acceptors (Lipinski definition) is 11. The highest BCUT2D eigenvalue weighted by Gasteiger charge is 2.23. The van der Waals surface area contributed by atoms with E-state index in [1.807, 2.05) is 18.2 Å². The van der Waals surface area contributed by atoms with Crippen LogP contribution in [-0.2, 0) is 11.3 Å². The van der Waals surface area contributed by atoms with E-state index in [1.54, 1.807) is 13.4 Å². The summed E-state index contributed by atoms with van der Waals surface area (Å²) in [4.78, 5) is 11.4. The number of hydrogen-bond donors (Lipinski definition) is 3. The standard InChI is InChI=1S/C28H38N6O5/c1-34-11-9-29-7-3-12-36-24-15-21-22(16-25(24)37-13-4-8-30-10-14-35-2)31-18-32-28(21)33-26-20(17-34)5-6-23-27(26)39-19-38-23/h5-6,15-16,18,29-30H,3-4,7-14,17,19H2,1-2H3,(H,31,32,33). The van der Waals surface area contributed by atoms with E-state index in [2.05, 4.69) is 43.9 Å². The van der Waals surface area contributed by atoms with Crippen LogP contribution in [0.5, 0.6) is 23.0 Å². The number of nitrogens with zero attached hydrogens (tertiary/aromatic N) is 3. The van der Waals surface area contributed by atoms with E-state index in [1.165, 1.54) is 0 Å². The molecular formula is C28H38N6O5. The maximum absolute atomic E-state index is 6.24. The van der Waals surface area contributed by atoms with Gasteiger partial charge < -0.3 is 44.5 Å². The molecule has 0 unspecified atom stereocenters. The van der Waals surface area contributed by atoms with E-state index in [-0.39, 0.29) is 6.79 Å². The van der Waals surface area contributed by atoms with Crippen LogP contribution >= 0.6 is 0 Å². The number of methoxy groups -OCH3 is 1. The molecule has 0 atom stereocenters. The van der Waals surface area contributed by atoms with Crippen molar-refractivity contribution in [1.82, 2.24) is 25.5 Å². The number of ether oxygens (including phenoxy) is 5. The number of aromatic nitrogens is 2. The highest BCUT2D eigenvalue weighted by molar-refractivity contribution is 5.94. The normalized spacial score (nSPS) is 16.1. The van der Waals surface area contributed by atoms with Crippen molar-refractivity contribution in [3.05, 3.63) is 36.2 Å². The third-order valence-corrected chi connectivity index (χ3v) is 6.67. The summed E-state index contributed by atoms with van der Waals surface area (Å²) in [7, 11) is 3.82. The lowest BCUT2D eigenvalue weighted by Crippen LogP contribution is -2.30. The van der Waals surface area contributed by atoms with Crippen LogP contribution in [0.3, 0.4) is 0 Å². The lowest BCUT2D eigenvalue weighted by Gasteiger charge is -2.21. The molecular weight excluding hydrogens is 500 g/mol. The topological polar surface area (TPSA) is 111 Å². The van der Waals surface area contributed by atoms with E-state index in [0.29, 0.717) is 42.9 Å². The van der Waals surface area contributed by atoms with Crippen LogP contribution in [0.1, 0.15) is 18.4 Å². The molecule has 210 valence electrons. The zero-order chi connectivity index (χ0) is 26.9. The second-order valence-corrected chi connectivity index (χ2v) is 9.63. The van der Waals surface area contributed by atoms with Gasteiger partial charge in [-0.2, -0.15) is 0 Å². The molecule has 0 spiro atoms. The third-order valence-electron chi connectivity index (χ3n) is 6.67. The second-order valence-electron chi connectivity index (χ2n) is 9.63. The Balaban J connectivity index is 1.45. The van der Waals surface area contributed by atoms with Crippen molar-refractivity contribution in [2.45, 2.75) is 19.4 Å². The van der Waals surface area contributed by atoms with Gasteiger partial charge >= 0.3 is 0 Å². The van der Waals surface area contributed by atoms with Gasteiger partial charge in [-0.1, -0.05) is 6.07 Å². The zero-order valence-corrected chi connectivity index (χ0v) is 22.8. The van der Waals surface area contributed by atoms with Gasteiger partial charge in [0.15, 0.2) is 23.0 Å². The Labute approximate surface area is 229 Å². The summed E-state index contributed by atoms with van der Waals surface area (Å²) in [6, 6.07) is 7.95. The number of nitrogens with one attached hydrogen (secondary N) is 3. The highest BCUT2D eigenvalue weighted by atomic mass is 16.7. The van der Waals surface area contributed by atoms with Crippen LogP contribution in [0.2, 0.25) is 0 Å². The van der Waals surface area contributed by atoms with Gasteiger partial charge in [-0.25, -0.2) is 9.97 Å². The molecule has 0 aliphatic carbocycles. The molecule has 2 aromatic carbocycles. The van der Waals surface area contributed by atoms with Gasteiger partial charge in [0.05, 0.1) is 31.0 Å². The van der Waals surface area contributed by atoms with Gasteiger partial charge in [0.25, 0.3) is 0 Å². The van der Waals surface area contributed by atoms with Gasteiger partial charge in [-0.15, -0.1) is 0 Å². The molecule has 0 radical (unpaired) electrons. The molecule has 3 aromatic rings. The highest BCUT2D eigenvalue weighted by Crippen LogP contribution is 2.44. The van der Waals surface area contributed by atoms with E-state index in [0.717, 1.165) is 80.0 Å². The number of rotatable bonds is 8. The maximum atomic E-state index is 6.24. The Morgan fingerprint density at radius 1 is 1.05 bits per heavy atom. The molecule has 39 heavy (non-hydrogen) atoms. The second kappa shape index (κ2) is 13.6. The molecule has 3 N–H and O–H groups in total. The summed E-state index contributed by atoms with van der Waals surface area (Å²) < 4.78 is 29.0. The first kappa shape index (κ1) is 27.2. The van der Waals surface area contributed by atoms with E-state index in [4.69, 9.17) is 23.7 Å². The molecule has 11 nitrogen and oxygen atoms in total. The van der Waals surface area contributed by atoms with Gasteiger partial charge in [0, 0.05) is 44.7 Å². The summed E-state index contributed by atoms with van der Waals surface area (Å²) >= 11 is 0. The number of fused-ring (bicyclic) bond motifs is 4. The van der Waals surface area contributed by atoms with Crippen LogP contribution in [-0.4, -0.2) is 88.4 Å². The van der Waals surface area contributed by atoms with Crippen molar-refractivity contribution in [1.29, 1.82) is 0 Å². The number of benzene rings is 2. The average Bonchev–Trinajstić information content (AvgIpc) is 3.42. The van der Waals surface area contributed by atoms with Gasteiger partial charge in [-0.3, -0.25) is 0 Å². The van der Waals surface area contributed by atoms with Crippen molar-refractivity contribution >= 4 is 22.4 Å². The van der Waals surface area contributed by atoms with Crippen LogP contribution < -0.4 is 34.9 Å². The first-order valence-corrected chi connectivity index (χ1v) is 13.5. The average molecular weight is 539 g/mol. The van der Waals surface area contributed by atoms with Gasteiger partial charge in [-0.05, 0) is 50.7 Å². The van der Waals surface area contributed by atoms with E-state index >= 15 is 0 Å². The monoisotopic (exact) mass is 538 g/mol. The molecule has 0 saturated heterocycles. The summed E-state index contributed by atoms with van der Waals surface area (Å²) in [6.07, 6.45) is 3.30. The fourth-order valence-electron chi connectivity index (χ4n) is 4.61. The Morgan fingerprint density at radius 3 is 2.92 bits per heavy atom. The number of likely N-dealkylation sites (N-methyl/N-ethyl adjacent to an activating group) is 1.